The predicted octanol–water partition coefficient (Wildman–Crippen LogP) is 0.733. The van der Waals surface area contributed by atoms with Crippen LogP contribution >= 0.6 is 0 Å². The highest BCUT2D eigenvalue weighted by atomic mass is 16.7. The van der Waals surface area contributed by atoms with E-state index in [0.29, 0.717) is 31.7 Å². The van der Waals surface area contributed by atoms with Crippen LogP contribution in [-0.2, 0) is 14.3 Å². The molecule has 1 fully saturated rings. The number of nitrogens with zero attached hydrogens (tertiary/aromatic N) is 2. The molecule has 0 spiro atoms. The highest BCUT2D eigenvalue weighted by Crippen LogP contribution is 2.18. The molecule has 25 heavy (non-hydrogen) atoms. The second-order valence-electron chi connectivity index (χ2n) is 5.83. The Hall–Kier alpha value is -1.96. The van der Waals surface area contributed by atoms with Crippen LogP contribution < -0.4 is 0 Å². The fourth-order valence-electron chi connectivity index (χ4n) is 2.92. The van der Waals surface area contributed by atoms with E-state index < -0.39 is 0 Å². The van der Waals surface area contributed by atoms with Crippen LogP contribution in [0.1, 0.15) is 23.7 Å². The standard InChI is InChI=1S/C18H26N2O5/c1-2-24-14-25-13-17(22)20(10-11-21)16-8-9-19(12-16)18(23)15-6-4-3-5-7-15/h3-7,16,21H,2,8-14H2,1H3/t16-/m1/s1. The molecule has 1 aromatic carbocycles. The van der Waals surface area contributed by atoms with Gasteiger partial charge < -0.3 is 24.4 Å². The third-order valence-electron chi connectivity index (χ3n) is 4.17. The summed E-state index contributed by atoms with van der Waals surface area (Å²) in [4.78, 5) is 28.2. The minimum atomic E-state index is -0.201. The average Bonchev–Trinajstić information content (AvgIpc) is 3.13. The third-order valence-corrected chi connectivity index (χ3v) is 4.17. The first-order valence-corrected chi connectivity index (χ1v) is 8.57. The van der Waals surface area contributed by atoms with Crippen molar-refractivity contribution in [3.05, 3.63) is 35.9 Å². The number of amides is 2. The van der Waals surface area contributed by atoms with Crippen LogP contribution in [0.3, 0.4) is 0 Å². The van der Waals surface area contributed by atoms with Crippen molar-refractivity contribution in [3.63, 3.8) is 0 Å². The Labute approximate surface area is 148 Å². The lowest BCUT2D eigenvalue weighted by molar-refractivity contribution is -0.144. The first kappa shape index (κ1) is 19.4. The van der Waals surface area contributed by atoms with E-state index in [1.54, 1.807) is 21.9 Å². The van der Waals surface area contributed by atoms with E-state index in [0.717, 1.165) is 0 Å². The van der Waals surface area contributed by atoms with E-state index in [9.17, 15) is 14.7 Å². The van der Waals surface area contributed by atoms with Crippen molar-refractivity contribution in [2.45, 2.75) is 19.4 Å². The molecule has 0 saturated carbocycles. The maximum atomic E-state index is 12.5. The molecule has 2 amide bonds. The van der Waals surface area contributed by atoms with Gasteiger partial charge in [-0.2, -0.15) is 0 Å². The van der Waals surface area contributed by atoms with Crippen LogP contribution in [0.2, 0.25) is 0 Å². The summed E-state index contributed by atoms with van der Waals surface area (Å²) < 4.78 is 10.2. The molecule has 1 atom stereocenters. The second-order valence-corrected chi connectivity index (χ2v) is 5.83. The maximum Gasteiger partial charge on any atom is 0.253 e. The summed E-state index contributed by atoms with van der Waals surface area (Å²) in [5.41, 5.74) is 0.642. The minimum Gasteiger partial charge on any atom is -0.395 e. The third kappa shape index (κ3) is 5.52. The van der Waals surface area contributed by atoms with Gasteiger partial charge in [0.1, 0.15) is 13.4 Å². The zero-order valence-electron chi connectivity index (χ0n) is 14.6. The molecule has 0 aliphatic carbocycles. The highest BCUT2D eigenvalue weighted by Gasteiger charge is 2.32. The Morgan fingerprint density at radius 3 is 2.72 bits per heavy atom. The predicted molar refractivity (Wildman–Crippen MR) is 92.0 cm³/mol. The number of hydrogen-bond donors (Lipinski definition) is 1. The number of likely N-dealkylation sites (tertiary alicyclic amines) is 1. The molecule has 1 aliphatic rings. The van der Waals surface area contributed by atoms with Crippen molar-refractivity contribution in [2.24, 2.45) is 0 Å². The van der Waals surface area contributed by atoms with Crippen molar-refractivity contribution in [1.82, 2.24) is 9.80 Å². The lowest BCUT2D eigenvalue weighted by Crippen LogP contribution is -2.45. The molecule has 2 rings (SSSR count). The Kier molecular flexibility index (Phi) is 7.84. The van der Waals surface area contributed by atoms with Crippen molar-refractivity contribution >= 4 is 11.8 Å². The normalized spacial score (nSPS) is 16.9. The van der Waals surface area contributed by atoms with Crippen molar-refractivity contribution in [1.29, 1.82) is 0 Å². The summed E-state index contributed by atoms with van der Waals surface area (Å²) in [6.45, 7) is 3.50. The molecule has 1 saturated heterocycles. The highest BCUT2D eigenvalue weighted by molar-refractivity contribution is 5.94. The van der Waals surface area contributed by atoms with Gasteiger partial charge in [0.15, 0.2) is 0 Å². The second kappa shape index (κ2) is 10.1. The SMILES string of the molecule is CCOCOCC(=O)N(CCO)[C@@H]1CCN(C(=O)c2ccccc2)C1. The Morgan fingerprint density at radius 1 is 1.28 bits per heavy atom. The van der Waals surface area contributed by atoms with Crippen LogP contribution in [0.25, 0.3) is 0 Å². The van der Waals surface area contributed by atoms with E-state index in [-0.39, 0.29) is 44.4 Å². The summed E-state index contributed by atoms with van der Waals surface area (Å²) in [7, 11) is 0. The molecule has 0 bridgehead atoms. The van der Waals surface area contributed by atoms with Gasteiger partial charge in [-0.15, -0.1) is 0 Å². The number of ether oxygens (including phenoxy) is 2. The van der Waals surface area contributed by atoms with Gasteiger partial charge in [-0.3, -0.25) is 9.59 Å². The number of aliphatic hydroxyl groups is 1. The number of carbonyl (C=O) groups excluding carboxylic acids is 2. The van der Waals surface area contributed by atoms with E-state index in [1.165, 1.54) is 0 Å². The zero-order valence-corrected chi connectivity index (χ0v) is 14.6. The Bertz CT molecular complexity index is 552. The summed E-state index contributed by atoms with van der Waals surface area (Å²) in [6, 6.07) is 8.99. The Balaban J connectivity index is 1.91. The van der Waals surface area contributed by atoms with Gasteiger partial charge >= 0.3 is 0 Å². The zero-order chi connectivity index (χ0) is 18.1. The monoisotopic (exact) mass is 350 g/mol. The smallest absolute Gasteiger partial charge is 0.253 e. The topological polar surface area (TPSA) is 79.3 Å². The van der Waals surface area contributed by atoms with Gasteiger partial charge in [0.2, 0.25) is 5.91 Å². The quantitative estimate of drug-likeness (QED) is 0.525. The molecule has 1 N–H and O–H groups in total. The molecule has 1 aliphatic heterocycles. The summed E-state index contributed by atoms with van der Waals surface area (Å²) in [6.07, 6.45) is 0.690. The van der Waals surface area contributed by atoms with Crippen LogP contribution in [0.4, 0.5) is 0 Å². The van der Waals surface area contributed by atoms with E-state index in [1.807, 2.05) is 25.1 Å². The number of benzene rings is 1. The summed E-state index contributed by atoms with van der Waals surface area (Å²) in [5, 5.41) is 9.27. The van der Waals surface area contributed by atoms with Gasteiger partial charge in [0, 0.05) is 31.8 Å². The molecule has 0 unspecified atom stereocenters. The van der Waals surface area contributed by atoms with E-state index in [2.05, 4.69) is 0 Å². The largest absolute Gasteiger partial charge is 0.395 e. The number of hydrogen-bond acceptors (Lipinski definition) is 5. The number of carbonyl (C=O) groups is 2. The first-order chi connectivity index (χ1) is 12.2. The first-order valence-electron chi connectivity index (χ1n) is 8.57. The van der Waals surface area contributed by atoms with Gasteiger partial charge in [-0.05, 0) is 25.5 Å². The molecule has 1 heterocycles. The van der Waals surface area contributed by atoms with Gasteiger partial charge in [-0.1, -0.05) is 18.2 Å². The molecule has 0 radical (unpaired) electrons. The lowest BCUT2D eigenvalue weighted by Gasteiger charge is -2.28. The van der Waals surface area contributed by atoms with Crippen LogP contribution in [0.15, 0.2) is 30.3 Å². The maximum absolute atomic E-state index is 12.5. The van der Waals surface area contributed by atoms with E-state index >= 15 is 0 Å². The van der Waals surface area contributed by atoms with Gasteiger partial charge in [0.25, 0.3) is 5.91 Å². The molecule has 7 nitrogen and oxygen atoms in total. The molecule has 7 heteroatoms. The molecule has 1 aromatic rings. The average molecular weight is 350 g/mol. The summed E-state index contributed by atoms with van der Waals surface area (Å²) in [5.74, 6) is -0.236. The molecule has 138 valence electrons. The fourth-order valence-corrected chi connectivity index (χ4v) is 2.92. The minimum absolute atomic E-state index is 0.0351. The van der Waals surface area contributed by atoms with Crippen molar-refractivity contribution < 1.29 is 24.2 Å². The molecule has 0 aromatic heterocycles. The van der Waals surface area contributed by atoms with Crippen molar-refractivity contribution in [2.75, 3.05) is 46.2 Å². The van der Waals surface area contributed by atoms with Gasteiger partial charge in [0.05, 0.1) is 12.6 Å². The van der Waals surface area contributed by atoms with Crippen LogP contribution in [0, 0.1) is 0 Å². The summed E-state index contributed by atoms with van der Waals surface area (Å²) >= 11 is 0. The van der Waals surface area contributed by atoms with Gasteiger partial charge in [-0.25, -0.2) is 0 Å². The van der Waals surface area contributed by atoms with Crippen molar-refractivity contribution in [3.8, 4) is 0 Å². The van der Waals surface area contributed by atoms with Crippen LogP contribution in [0.5, 0.6) is 0 Å². The Morgan fingerprint density at radius 2 is 2.04 bits per heavy atom. The van der Waals surface area contributed by atoms with Crippen LogP contribution in [-0.4, -0.2) is 79.0 Å². The fraction of sp³-hybridized carbons (Fsp3) is 0.556. The number of aliphatic hydroxyl groups excluding tert-OH is 1. The lowest BCUT2D eigenvalue weighted by atomic mass is 10.2. The van der Waals surface area contributed by atoms with E-state index in [4.69, 9.17) is 9.47 Å². The molecular weight excluding hydrogens is 324 g/mol. The number of rotatable bonds is 9. The molecular formula is C18H26N2O5.